The molecule has 2 unspecified atom stereocenters. The summed E-state index contributed by atoms with van der Waals surface area (Å²) in [4.78, 5) is 23.8. The van der Waals surface area contributed by atoms with Gasteiger partial charge in [0.15, 0.2) is 5.82 Å². The Morgan fingerprint density at radius 3 is 2.81 bits per heavy atom. The van der Waals surface area contributed by atoms with Crippen molar-refractivity contribution in [2.75, 3.05) is 64.8 Å². The molecule has 3 atom stereocenters. The number of fused-ring (bicyclic) bond motifs is 1. The fourth-order valence-electron chi connectivity index (χ4n) is 4.57. The Bertz CT molecular complexity index is 995. The topological polar surface area (TPSA) is 90.8 Å². The SMILES string of the molecule is CC1C=C(c2cc3nccnc3c(NC[C@@H]3CNCCO3)n2)C=NC1N1CCN(C)CC1. The quantitative estimate of drug-likeness (QED) is 0.720. The first kappa shape index (κ1) is 21.4. The third-order valence-corrected chi connectivity index (χ3v) is 6.44. The van der Waals surface area contributed by atoms with Crippen LogP contribution in [0.3, 0.4) is 0 Å². The maximum Gasteiger partial charge on any atom is 0.154 e. The van der Waals surface area contributed by atoms with Crippen LogP contribution in [-0.4, -0.2) is 103 Å². The summed E-state index contributed by atoms with van der Waals surface area (Å²) in [5.74, 6) is 1.05. The van der Waals surface area contributed by atoms with Crippen molar-refractivity contribution in [3.8, 4) is 0 Å². The molecule has 2 N–H and O–H groups in total. The summed E-state index contributed by atoms with van der Waals surface area (Å²) < 4.78 is 5.82. The van der Waals surface area contributed by atoms with E-state index < -0.39 is 0 Å². The van der Waals surface area contributed by atoms with Crippen molar-refractivity contribution in [3.05, 3.63) is 30.2 Å². The van der Waals surface area contributed by atoms with Crippen molar-refractivity contribution in [2.24, 2.45) is 10.9 Å². The third-order valence-electron chi connectivity index (χ3n) is 6.44. The van der Waals surface area contributed by atoms with Crippen molar-refractivity contribution in [2.45, 2.75) is 19.2 Å². The van der Waals surface area contributed by atoms with Crippen molar-refractivity contribution in [3.63, 3.8) is 0 Å². The van der Waals surface area contributed by atoms with E-state index in [-0.39, 0.29) is 12.3 Å². The molecule has 9 heteroatoms. The van der Waals surface area contributed by atoms with Crippen LogP contribution in [0.4, 0.5) is 5.82 Å². The molecule has 5 rings (SSSR count). The van der Waals surface area contributed by atoms with E-state index in [0.717, 1.165) is 74.0 Å². The fraction of sp³-hybridized carbons (Fsp3) is 0.565. The van der Waals surface area contributed by atoms with Crippen molar-refractivity contribution >= 4 is 28.6 Å². The van der Waals surface area contributed by atoms with E-state index >= 15 is 0 Å². The second-order valence-electron chi connectivity index (χ2n) is 8.87. The number of rotatable bonds is 5. The molecule has 0 spiro atoms. The van der Waals surface area contributed by atoms with Crippen LogP contribution in [0.2, 0.25) is 0 Å². The van der Waals surface area contributed by atoms with Crippen LogP contribution in [-0.2, 0) is 4.74 Å². The van der Waals surface area contributed by atoms with Crippen LogP contribution in [0.1, 0.15) is 12.6 Å². The number of pyridine rings is 1. The van der Waals surface area contributed by atoms with Gasteiger partial charge in [0.05, 0.1) is 23.9 Å². The van der Waals surface area contributed by atoms with Gasteiger partial charge in [-0.3, -0.25) is 14.9 Å². The Kier molecular flexibility index (Phi) is 6.40. The smallest absolute Gasteiger partial charge is 0.154 e. The molecule has 0 amide bonds. The zero-order chi connectivity index (χ0) is 21.9. The molecule has 3 aliphatic rings. The highest BCUT2D eigenvalue weighted by atomic mass is 16.5. The highest BCUT2D eigenvalue weighted by Gasteiger charge is 2.28. The van der Waals surface area contributed by atoms with Crippen molar-refractivity contribution in [1.82, 2.24) is 30.1 Å². The molecular formula is C23H32N8O. The first-order valence-corrected chi connectivity index (χ1v) is 11.5. The monoisotopic (exact) mass is 436 g/mol. The number of likely N-dealkylation sites (N-methyl/N-ethyl adjacent to an activating group) is 1. The van der Waals surface area contributed by atoms with Gasteiger partial charge in [0.1, 0.15) is 11.7 Å². The van der Waals surface area contributed by atoms with Gasteiger partial charge >= 0.3 is 0 Å². The largest absolute Gasteiger partial charge is 0.374 e. The summed E-state index contributed by atoms with van der Waals surface area (Å²) in [6, 6.07) is 2.01. The Morgan fingerprint density at radius 1 is 1.19 bits per heavy atom. The Morgan fingerprint density at radius 2 is 2.03 bits per heavy atom. The summed E-state index contributed by atoms with van der Waals surface area (Å²) in [5.41, 5.74) is 3.51. The number of nitrogens with one attached hydrogen (secondary N) is 2. The van der Waals surface area contributed by atoms with Gasteiger partial charge in [-0.05, 0) is 13.1 Å². The number of allylic oxidation sites excluding steroid dienone is 1. The maximum absolute atomic E-state index is 5.82. The second kappa shape index (κ2) is 9.58. The van der Waals surface area contributed by atoms with E-state index in [4.69, 9.17) is 14.7 Å². The minimum absolute atomic E-state index is 0.112. The molecule has 0 aromatic carbocycles. The Balaban J connectivity index is 1.37. The summed E-state index contributed by atoms with van der Waals surface area (Å²) in [6.07, 6.45) is 8.00. The second-order valence-corrected chi connectivity index (χ2v) is 8.87. The van der Waals surface area contributed by atoms with Crippen molar-refractivity contribution in [1.29, 1.82) is 0 Å². The number of hydrogen-bond donors (Lipinski definition) is 2. The van der Waals surface area contributed by atoms with E-state index in [1.54, 1.807) is 12.4 Å². The molecule has 2 aromatic heterocycles. The predicted octanol–water partition coefficient (Wildman–Crippen LogP) is 1.10. The molecular weight excluding hydrogens is 404 g/mol. The van der Waals surface area contributed by atoms with E-state index in [1.807, 2.05) is 12.3 Å². The summed E-state index contributed by atoms with van der Waals surface area (Å²) >= 11 is 0. The number of aliphatic imine (C=N–C) groups is 1. The maximum atomic E-state index is 5.82. The summed E-state index contributed by atoms with van der Waals surface area (Å²) in [7, 11) is 2.18. The first-order chi connectivity index (χ1) is 15.7. The van der Waals surface area contributed by atoms with Gasteiger partial charge < -0.3 is 20.3 Å². The molecule has 0 radical (unpaired) electrons. The van der Waals surface area contributed by atoms with Gasteiger partial charge in [-0.15, -0.1) is 0 Å². The predicted molar refractivity (Wildman–Crippen MR) is 127 cm³/mol. The van der Waals surface area contributed by atoms with Gasteiger partial charge in [-0.2, -0.15) is 0 Å². The number of aromatic nitrogens is 3. The minimum atomic E-state index is 0.112. The van der Waals surface area contributed by atoms with Gasteiger partial charge in [0.2, 0.25) is 0 Å². The zero-order valence-electron chi connectivity index (χ0n) is 18.9. The van der Waals surface area contributed by atoms with Crippen LogP contribution in [0, 0.1) is 5.92 Å². The Labute approximate surface area is 189 Å². The molecule has 5 heterocycles. The molecule has 2 fully saturated rings. The van der Waals surface area contributed by atoms with Crippen LogP contribution >= 0.6 is 0 Å². The van der Waals surface area contributed by atoms with Crippen LogP contribution in [0.5, 0.6) is 0 Å². The average Bonchev–Trinajstić information content (AvgIpc) is 2.83. The molecule has 2 aromatic rings. The summed E-state index contributed by atoms with van der Waals surface area (Å²) in [6.45, 7) is 9.68. The number of piperazine rings is 1. The fourth-order valence-corrected chi connectivity index (χ4v) is 4.57. The first-order valence-electron chi connectivity index (χ1n) is 11.5. The third kappa shape index (κ3) is 4.66. The van der Waals surface area contributed by atoms with Crippen LogP contribution < -0.4 is 10.6 Å². The lowest BCUT2D eigenvalue weighted by Gasteiger charge is -2.39. The number of morpholine rings is 1. The number of ether oxygens (including phenoxy) is 1. The summed E-state index contributed by atoms with van der Waals surface area (Å²) in [5, 5.41) is 6.81. The molecule has 0 aliphatic carbocycles. The molecule has 3 aliphatic heterocycles. The minimum Gasteiger partial charge on any atom is -0.374 e. The number of anilines is 1. The number of hydrogen-bond acceptors (Lipinski definition) is 9. The van der Waals surface area contributed by atoms with Crippen LogP contribution in [0.25, 0.3) is 16.6 Å². The lowest BCUT2D eigenvalue weighted by Crippen LogP contribution is -2.50. The highest BCUT2D eigenvalue weighted by Crippen LogP contribution is 2.28. The highest BCUT2D eigenvalue weighted by molar-refractivity contribution is 6.10. The molecule has 0 bridgehead atoms. The lowest BCUT2D eigenvalue weighted by atomic mass is 9.98. The normalized spacial score (nSPS) is 27.4. The molecule has 32 heavy (non-hydrogen) atoms. The molecule has 0 saturated carbocycles. The van der Waals surface area contributed by atoms with Gasteiger partial charge in [0, 0.05) is 75.9 Å². The number of dihydropyridines is 1. The van der Waals surface area contributed by atoms with E-state index in [0.29, 0.717) is 12.5 Å². The van der Waals surface area contributed by atoms with E-state index in [2.05, 4.69) is 50.4 Å². The standard InChI is InChI=1S/C23H32N8O/c1-16-11-17(13-28-23(16)31-8-6-30(2)7-9-31)19-12-20-21(26-4-3-25-20)22(29-19)27-15-18-14-24-5-10-32-18/h3-4,11-13,16,18,23-24H,5-10,14-15H2,1-2H3,(H,27,29)/t16?,18-,23?/m0/s1. The average molecular weight is 437 g/mol. The van der Waals surface area contributed by atoms with E-state index in [1.165, 1.54) is 0 Å². The van der Waals surface area contributed by atoms with Gasteiger partial charge in [0.25, 0.3) is 0 Å². The molecule has 170 valence electrons. The molecule has 9 nitrogen and oxygen atoms in total. The van der Waals surface area contributed by atoms with E-state index in [9.17, 15) is 0 Å². The lowest BCUT2D eigenvalue weighted by molar-refractivity contribution is 0.0372. The molecule has 2 saturated heterocycles. The van der Waals surface area contributed by atoms with Crippen LogP contribution in [0.15, 0.2) is 29.5 Å². The Hall–Kier alpha value is -2.46. The van der Waals surface area contributed by atoms with Gasteiger partial charge in [-0.1, -0.05) is 13.0 Å². The zero-order valence-corrected chi connectivity index (χ0v) is 18.9. The van der Waals surface area contributed by atoms with Crippen molar-refractivity contribution < 1.29 is 4.74 Å². The number of nitrogens with zero attached hydrogens (tertiary/aromatic N) is 6. The van der Waals surface area contributed by atoms with Gasteiger partial charge in [-0.25, -0.2) is 9.97 Å².